The van der Waals surface area contributed by atoms with Crippen LogP contribution in [0, 0.1) is 30.4 Å². The standard InChI is InChI=1S/C16H21FN4O2S.C15H18BrFN4O2S.CH4/c1-11-6-15-13(7-14(11)17)16(19-10-18-15)21-5-3-4-12(9-21)8-20-24(2,22)23;1-24(22,23)20-7-10-3-2-4-21(8-10)15-11-5-13(17)12(16)6-14(11)18-9-19-15;/h6-7,10,12,20H,3-5,8-9H2,1-2H3;5-6,9-10,20H,2-4,7-8H2,1H3;1H4. The van der Waals surface area contributed by atoms with Gasteiger partial charge in [0.2, 0.25) is 20.0 Å². The molecule has 0 radical (unpaired) electrons. The Balaban J connectivity index is 0.000000216. The monoisotopic (exact) mass is 784 g/mol. The van der Waals surface area contributed by atoms with Crippen LogP contribution in [-0.2, 0) is 20.0 Å². The van der Waals surface area contributed by atoms with Gasteiger partial charge in [0.1, 0.15) is 35.9 Å². The summed E-state index contributed by atoms with van der Waals surface area (Å²) in [7, 11) is -6.39. The molecule has 2 atom stereocenters. The van der Waals surface area contributed by atoms with Crippen molar-refractivity contribution in [2.75, 3.05) is 61.6 Å². The minimum absolute atomic E-state index is 0. The van der Waals surface area contributed by atoms with Crippen LogP contribution in [0.2, 0.25) is 0 Å². The topological polar surface area (TPSA) is 150 Å². The van der Waals surface area contributed by atoms with E-state index >= 15 is 0 Å². The van der Waals surface area contributed by atoms with Gasteiger partial charge in [0.25, 0.3) is 0 Å². The molecule has 2 aliphatic heterocycles. The molecule has 0 spiro atoms. The first kappa shape index (κ1) is 38.7. The van der Waals surface area contributed by atoms with Crippen LogP contribution >= 0.6 is 15.9 Å². The molecule has 2 aliphatic rings. The zero-order valence-corrected chi connectivity index (χ0v) is 30.2. The van der Waals surface area contributed by atoms with Crippen molar-refractivity contribution in [1.29, 1.82) is 0 Å². The number of aryl methyl sites for hydroxylation is 1. The Bertz CT molecular complexity index is 1860. The number of hydrogen-bond donors (Lipinski definition) is 2. The fourth-order valence-electron chi connectivity index (χ4n) is 6.10. The fourth-order valence-corrected chi connectivity index (χ4v) is 7.50. The van der Waals surface area contributed by atoms with Gasteiger partial charge in [0, 0.05) is 50.0 Å². The lowest BCUT2D eigenvalue weighted by molar-refractivity contribution is 0.410. The third-order valence-electron chi connectivity index (χ3n) is 8.46. The van der Waals surface area contributed by atoms with E-state index in [0.29, 0.717) is 64.1 Å². The van der Waals surface area contributed by atoms with Crippen LogP contribution in [0.1, 0.15) is 38.7 Å². The van der Waals surface area contributed by atoms with Crippen molar-refractivity contribution in [1.82, 2.24) is 29.4 Å². The van der Waals surface area contributed by atoms with Crippen molar-refractivity contribution in [2.45, 2.75) is 40.0 Å². The number of sulfonamides is 2. The Morgan fingerprint density at radius 3 is 1.67 bits per heavy atom. The average molecular weight is 786 g/mol. The van der Waals surface area contributed by atoms with Gasteiger partial charge >= 0.3 is 0 Å². The van der Waals surface area contributed by atoms with Crippen LogP contribution in [0.3, 0.4) is 0 Å². The predicted octanol–water partition coefficient (Wildman–Crippen LogP) is 4.78. The number of benzene rings is 2. The van der Waals surface area contributed by atoms with Crippen molar-refractivity contribution >= 4 is 69.4 Å². The van der Waals surface area contributed by atoms with Crippen LogP contribution in [0.15, 0.2) is 41.4 Å². The number of rotatable bonds is 8. The molecule has 2 saturated heterocycles. The first-order valence-electron chi connectivity index (χ1n) is 15.6. The molecular weight excluding hydrogens is 742 g/mol. The highest BCUT2D eigenvalue weighted by atomic mass is 79.9. The van der Waals surface area contributed by atoms with Crippen molar-refractivity contribution in [2.24, 2.45) is 11.8 Å². The summed E-state index contributed by atoms with van der Waals surface area (Å²) in [6.45, 7) is 5.50. The van der Waals surface area contributed by atoms with E-state index < -0.39 is 20.0 Å². The van der Waals surface area contributed by atoms with Gasteiger partial charge in [0.05, 0.1) is 28.0 Å². The Labute approximate surface area is 295 Å². The Kier molecular flexibility index (Phi) is 12.8. The smallest absolute Gasteiger partial charge is 0.208 e. The molecule has 0 aliphatic carbocycles. The maximum atomic E-state index is 14.0. The van der Waals surface area contributed by atoms with Crippen LogP contribution in [-0.4, -0.2) is 88.6 Å². The molecule has 0 saturated carbocycles. The van der Waals surface area contributed by atoms with E-state index in [2.05, 4.69) is 55.1 Å². The van der Waals surface area contributed by atoms with Crippen molar-refractivity contribution in [3.05, 3.63) is 58.6 Å². The summed E-state index contributed by atoms with van der Waals surface area (Å²) in [6.07, 6.45) is 9.06. The third kappa shape index (κ3) is 10.4. The molecule has 17 heteroatoms. The summed E-state index contributed by atoms with van der Waals surface area (Å²) in [5.41, 5.74) is 1.95. The third-order valence-corrected chi connectivity index (χ3v) is 10.4. The van der Waals surface area contributed by atoms with Crippen LogP contribution in [0.5, 0.6) is 0 Å². The molecule has 12 nitrogen and oxygen atoms in total. The summed E-state index contributed by atoms with van der Waals surface area (Å²) >= 11 is 3.17. The molecule has 0 bridgehead atoms. The lowest BCUT2D eigenvalue weighted by Crippen LogP contribution is -2.41. The summed E-state index contributed by atoms with van der Waals surface area (Å²) in [4.78, 5) is 21.3. The maximum absolute atomic E-state index is 14.0. The Hall–Kier alpha value is -3.12. The normalized spacial score (nSPS) is 18.6. The molecular formula is C32H43BrF2N8O4S2. The molecule has 49 heavy (non-hydrogen) atoms. The van der Waals surface area contributed by atoms with Gasteiger partial charge in [0.15, 0.2) is 0 Å². The van der Waals surface area contributed by atoms with Gasteiger partial charge in [-0.2, -0.15) is 0 Å². The largest absolute Gasteiger partial charge is 0.356 e. The van der Waals surface area contributed by atoms with E-state index in [0.717, 1.165) is 56.8 Å². The second-order valence-corrected chi connectivity index (χ2v) is 17.0. The number of piperidine rings is 2. The first-order valence-corrected chi connectivity index (χ1v) is 20.1. The number of hydrogen-bond acceptors (Lipinski definition) is 10. The lowest BCUT2D eigenvalue weighted by atomic mass is 9.98. The highest BCUT2D eigenvalue weighted by molar-refractivity contribution is 9.10. The van der Waals surface area contributed by atoms with Gasteiger partial charge < -0.3 is 9.80 Å². The number of nitrogens with one attached hydrogen (secondary N) is 2. The highest BCUT2D eigenvalue weighted by Crippen LogP contribution is 2.31. The zero-order chi connectivity index (χ0) is 34.6. The van der Waals surface area contributed by atoms with Gasteiger partial charge in [-0.05, 0) is 90.2 Å². The van der Waals surface area contributed by atoms with Gasteiger partial charge in [-0.15, -0.1) is 0 Å². The van der Waals surface area contributed by atoms with Crippen LogP contribution in [0.4, 0.5) is 20.4 Å². The highest BCUT2D eigenvalue weighted by Gasteiger charge is 2.25. The number of nitrogens with zero attached hydrogens (tertiary/aromatic N) is 6. The molecule has 4 heterocycles. The molecule has 0 amide bonds. The van der Waals surface area contributed by atoms with E-state index in [1.165, 1.54) is 24.8 Å². The number of aromatic nitrogens is 4. The maximum Gasteiger partial charge on any atom is 0.208 e. The number of fused-ring (bicyclic) bond motifs is 2. The summed E-state index contributed by atoms with van der Waals surface area (Å²) in [5.74, 6) is 1.17. The van der Waals surface area contributed by atoms with Gasteiger partial charge in [-0.3, -0.25) is 0 Å². The van der Waals surface area contributed by atoms with Gasteiger partial charge in [-0.25, -0.2) is 55.0 Å². The van der Waals surface area contributed by atoms with Gasteiger partial charge in [-0.1, -0.05) is 7.43 Å². The molecule has 2 N–H and O–H groups in total. The molecule has 6 rings (SSSR count). The van der Waals surface area contributed by atoms with Crippen molar-refractivity contribution in [3.8, 4) is 0 Å². The first-order chi connectivity index (χ1) is 22.7. The van der Waals surface area contributed by atoms with Crippen molar-refractivity contribution in [3.63, 3.8) is 0 Å². The minimum Gasteiger partial charge on any atom is -0.356 e. The summed E-state index contributed by atoms with van der Waals surface area (Å²) in [5, 5.41) is 1.35. The minimum atomic E-state index is -3.20. The predicted molar refractivity (Wildman–Crippen MR) is 194 cm³/mol. The molecule has 4 aromatic rings. The SMILES string of the molecule is C.CS(=O)(=O)NCC1CCCN(c2ncnc3cc(Br)c(F)cc23)C1.Cc1cc2ncnc(N3CCCC(CNS(C)(=O)=O)C3)c2cc1F. The molecule has 2 unspecified atom stereocenters. The Morgan fingerprint density at radius 1 is 0.755 bits per heavy atom. The van der Waals surface area contributed by atoms with E-state index in [1.807, 2.05) is 0 Å². The quantitative estimate of drug-likeness (QED) is 0.256. The van der Waals surface area contributed by atoms with E-state index in [-0.39, 0.29) is 30.9 Å². The fraction of sp³-hybridized carbons (Fsp3) is 0.500. The summed E-state index contributed by atoms with van der Waals surface area (Å²) < 4.78 is 78.5. The molecule has 2 aromatic heterocycles. The lowest BCUT2D eigenvalue weighted by Gasteiger charge is -2.34. The number of anilines is 2. The molecule has 268 valence electrons. The van der Waals surface area contributed by atoms with Crippen LogP contribution in [0.25, 0.3) is 21.8 Å². The van der Waals surface area contributed by atoms with E-state index in [1.54, 1.807) is 19.1 Å². The van der Waals surface area contributed by atoms with Crippen molar-refractivity contribution < 1.29 is 25.6 Å². The zero-order valence-electron chi connectivity index (χ0n) is 27.0. The summed E-state index contributed by atoms with van der Waals surface area (Å²) in [6, 6.07) is 6.29. The molecule has 2 fully saturated rings. The van der Waals surface area contributed by atoms with E-state index in [9.17, 15) is 25.6 Å². The Morgan fingerprint density at radius 2 is 1.20 bits per heavy atom. The second kappa shape index (κ2) is 16.3. The second-order valence-electron chi connectivity index (χ2n) is 12.4. The van der Waals surface area contributed by atoms with Crippen LogP contribution < -0.4 is 19.2 Å². The van der Waals surface area contributed by atoms with E-state index in [4.69, 9.17) is 0 Å². The molecule has 2 aromatic carbocycles. The average Bonchev–Trinajstić information content (AvgIpc) is 3.03. The number of halogens is 3.